The monoisotopic (exact) mass is 600 g/mol. The molecule has 7 aromatic carbocycles. The zero-order valence-corrected chi connectivity index (χ0v) is 25.1. The lowest BCUT2D eigenvalue weighted by Gasteiger charge is -2.13. The maximum absolute atomic E-state index is 6.48. The Morgan fingerprint density at radius 1 is 0.404 bits per heavy atom. The molecule has 0 saturated heterocycles. The second kappa shape index (κ2) is 10.0. The molecular formula is C42H24N4O. The minimum absolute atomic E-state index is 0.546. The van der Waals surface area contributed by atoms with Crippen molar-refractivity contribution in [3.8, 4) is 34.2 Å². The first-order valence-electron chi connectivity index (χ1n) is 15.6. The summed E-state index contributed by atoms with van der Waals surface area (Å²) in [5.74, 6) is 1.75. The van der Waals surface area contributed by atoms with E-state index in [2.05, 4.69) is 126 Å². The van der Waals surface area contributed by atoms with Gasteiger partial charge in [0.2, 0.25) is 0 Å². The van der Waals surface area contributed by atoms with E-state index in [-0.39, 0.29) is 0 Å². The van der Waals surface area contributed by atoms with Gasteiger partial charge in [-0.3, -0.25) is 4.98 Å². The number of aromatic nitrogens is 4. The number of rotatable bonds is 3. The molecule has 5 heteroatoms. The van der Waals surface area contributed by atoms with Crippen LogP contribution in [0.3, 0.4) is 0 Å². The molecule has 0 spiro atoms. The van der Waals surface area contributed by atoms with Gasteiger partial charge in [-0.2, -0.15) is 0 Å². The number of furan rings is 1. The van der Waals surface area contributed by atoms with Gasteiger partial charge in [0.1, 0.15) is 5.58 Å². The molecule has 3 heterocycles. The molecule has 0 saturated carbocycles. The maximum atomic E-state index is 6.48. The first kappa shape index (κ1) is 25.8. The first-order chi connectivity index (χ1) is 23.3. The highest BCUT2D eigenvalue weighted by atomic mass is 16.3. The van der Waals surface area contributed by atoms with Crippen molar-refractivity contribution in [3.05, 3.63) is 146 Å². The van der Waals surface area contributed by atoms with Crippen molar-refractivity contribution >= 4 is 65.0 Å². The second-order valence-corrected chi connectivity index (χ2v) is 11.9. The van der Waals surface area contributed by atoms with E-state index in [1.807, 2.05) is 18.3 Å². The molecule has 0 aliphatic carbocycles. The molecule has 47 heavy (non-hydrogen) atoms. The zero-order valence-electron chi connectivity index (χ0n) is 25.1. The topological polar surface area (TPSA) is 64.7 Å². The van der Waals surface area contributed by atoms with Crippen molar-refractivity contribution in [3.63, 3.8) is 0 Å². The van der Waals surface area contributed by atoms with Crippen molar-refractivity contribution in [2.45, 2.75) is 0 Å². The smallest absolute Gasteiger partial charge is 0.166 e. The average molecular weight is 601 g/mol. The van der Waals surface area contributed by atoms with E-state index >= 15 is 0 Å². The van der Waals surface area contributed by atoms with Gasteiger partial charge < -0.3 is 4.42 Å². The molecule has 0 aliphatic heterocycles. The van der Waals surface area contributed by atoms with Gasteiger partial charge in [0.15, 0.2) is 23.1 Å². The lowest BCUT2D eigenvalue weighted by atomic mass is 9.96. The molecule has 0 aliphatic rings. The normalized spacial score (nSPS) is 11.8. The first-order valence-corrected chi connectivity index (χ1v) is 15.6. The maximum Gasteiger partial charge on any atom is 0.166 e. The van der Waals surface area contributed by atoms with E-state index in [1.54, 1.807) is 6.20 Å². The molecule has 0 N–H and O–H groups in total. The molecule has 0 bridgehead atoms. The predicted octanol–water partition coefficient (Wildman–Crippen LogP) is 10.8. The second-order valence-electron chi connectivity index (χ2n) is 11.9. The Labute approximate surface area is 268 Å². The highest BCUT2D eigenvalue weighted by molar-refractivity contribution is 6.18. The quantitative estimate of drug-likeness (QED) is 0.189. The third kappa shape index (κ3) is 4.03. The molecule has 0 atom stereocenters. The molecule has 3 aromatic heterocycles. The van der Waals surface area contributed by atoms with Gasteiger partial charge in [-0.05, 0) is 55.9 Å². The Bertz CT molecular complexity index is 2870. The average Bonchev–Trinajstić information content (AvgIpc) is 3.54. The van der Waals surface area contributed by atoms with Crippen LogP contribution in [-0.2, 0) is 0 Å². The highest BCUT2D eigenvalue weighted by Crippen LogP contribution is 2.40. The van der Waals surface area contributed by atoms with Crippen LogP contribution in [0.25, 0.3) is 99.2 Å². The van der Waals surface area contributed by atoms with Gasteiger partial charge in [0.25, 0.3) is 0 Å². The van der Waals surface area contributed by atoms with Gasteiger partial charge in [-0.25, -0.2) is 15.0 Å². The number of hydrogen-bond donors (Lipinski definition) is 0. The Balaban J connectivity index is 1.29. The molecular weight excluding hydrogens is 576 g/mol. The summed E-state index contributed by atoms with van der Waals surface area (Å²) in [5, 5.41) is 11.0. The van der Waals surface area contributed by atoms with E-state index in [9.17, 15) is 0 Å². The minimum Gasteiger partial charge on any atom is -0.454 e. The molecule has 10 aromatic rings. The Hall–Kier alpha value is -6.46. The van der Waals surface area contributed by atoms with Crippen LogP contribution in [0.15, 0.2) is 150 Å². The van der Waals surface area contributed by atoms with Crippen LogP contribution >= 0.6 is 0 Å². The van der Waals surface area contributed by atoms with Crippen LogP contribution < -0.4 is 0 Å². The standard InChI is InChI=1S/C42H24N4O/c1-2-11-27-21-29(18-17-25(27)9-1)40-44-41(35-22-28-12-4-5-13-30(28)32-15-7-8-16-33(32)35)46-42(45-40)36-23-43-24-37-38(36)34-20-19-26-10-3-6-14-31(26)39(34)47-37/h1-24H. The molecule has 218 valence electrons. The summed E-state index contributed by atoms with van der Waals surface area (Å²) in [6.45, 7) is 0. The summed E-state index contributed by atoms with van der Waals surface area (Å²) in [5.41, 5.74) is 4.19. The molecule has 5 nitrogen and oxygen atoms in total. The number of fused-ring (bicyclic) bond motifs is 9. The SMILES string of the molecule is c1ccc2cc(-c3nc(-c4cc5ccccc5c5ccccc45)nc(-c4cncc5oc6c7ccccc7ccc6c45)n3)ccc2c1. The van der Waals surface area contributed by atoms with Crippen molar-refractivity contribution in [2.24, 2.45) is 0 Å². The summed E-state index contributed by atoms with van der Waals surface area (Å²) < 4.78 is 6.48. The van der Waals surface area contributed by atoms with Gasteiger partial charge in [0.05, 0.1) is 6.20 Å². The third-order valence-electron chi connectivity index (χ3n) is 9.17. The number of nitrogens with zero attached hydrogens (tertiary/aromatic N) is 4. The van der Waals surface area contributed by atoms with Crippen LogP contribution in [-0.4, -0.2) is 19.9 Å². The van der Waals surface area contributed by atoms with E-state index in [1.165, 1.54) is 5.39 Å². The van der Waals surface area contributed by atoms with Crippen molar-refractivity contribution in [1.82, 2.24) is 19.9 Å². The molecule has 10 rings (SSSR count). The largest absolute Gasteiger partial charge is 0.454 e. The fourth-order valence-corrected chi connectivity index (χ4v) is 6.94. The zero-order chi connectivity index (χ0) is 30.9. The van der Waals surface area contributed by atoms with Crippen LogP contribution in [0.5, 0.6) is 0 Å². The molecule has 0 unspecified atom stereocenters. The van der Waals surface area contributed by atoms with E-state index in [0.717, 1.165) is 70.7 Å². The Kier molecular flexibility index (Phi) is 5.51. The van der Waals surface area contributed by atoms with Crippen LogP contribution in [0, 0.1) is 0 Å². The minimum atomic E-state index is 0.546. The van der Waals surface area contributed by atoms with Crippen LogP contribution in [0.2, 0.25) is 0 Å². The molecule has 0 amide bonds. The van der Waals surface area contributed by atoms with E-state index < -0.39 is 0 Å². The van der Waals surface area contributed by atoms with Crippen molar-refractivity contribution in [1.29, 1.82) is 0 Å². The Morgan fingerprint density at radius 3 is 1.89 bits per heavy atom. The van der Waals surface area contributed by atoms with Gasteiger partial charge >= 0.3 is 0 Å². The number of hydrogen-bond acceptors (Lipinski definition) is 5. The summed E-state index contributed by atoms with van der Waals surface area (Å²) in [7, 11) is 0. The number of pyridine rings is 1. The predicted molar refractivity (Wildman–Crippen MR) is 191 cm³/mol. The van der Waals surface area contributed by atoms with Gasteiger partial charge in [-0.1, -0.05) is 115 Å². The van der Waals surface area contributed by atoms with Crippen molar-refractivity contribution < 1.29 is 4.42 Å². The fourth-order valence-electron chi connectivity index (χ4n) is 6.94. The molecule has 0 fully saturated rings. The lowest BCUT2D eigenvalue weighted by molar-refractivity contribution is 0.670. The summed E-state index contributed by atoms with van der Waals surface area (Å²) in [6, 6.07) is 46.3. The Morgan fingerprint density at radius 2 is 1.04 bits per heavy atom. The molecule has 0 radical (unpaired) electrons. The summed E-state index contributed by atoms with van der Waals surface area (Å²) in [4.78, 5) is 20.1. The van der Waals surface area contributed by atoms with Crippen LogP contribution in [0.4, 0.5) is 0 Å². The lowest BCUT2D eigenvalue weighted by Crippen LogP contribution is -2.01. The van der Waals surface area contributed by atoms with E-state index in [0.29, 0.717) is 23.1 Å². The summed E-state index contributed by atoms with van der Waals surface area (Å²) in [6.07, 6.45) is 3.62. The third-order valence-corrected chi connectivity index (χ3v) is 9.17. The van der Waals surface area contributed by atoms with E-state index in [4.69, 9.17) is 19.4 Å². The van der Waals surface area contributed by atoms with Gasteiger partial charge in [-0.15, -0.1) is 0 Å². The highest BCUT2D eigenvalue weighted by Gasteiger charge is 2.20. The van der Waals surface area contributed by atoms with Crippen molar-refractivity contribution in [2.75, 3.05) is 0 Å². The fraction of sp³-hybridized carbons (Fsp3) is 0. The van der Waals surface area contributed by atoms with Gasteiger partial charge in [0, 0.05) is 39.0 Å². The number of benzene rings is 7. The van der Waals surface area contributed by atoms with Crippen LogP contribution in [0.1, 0.15) is 0 Å². The summed E-state index contributed by atoms with van der Waals surface area (Å²) >= 11 is 0.